The molecule has 0 heterocycles. The predicted octanol–water partition coefficient (Wildman–Crippen LogP) is 3.43. The van der Waals surface area contributed by atoms with E-state index in [1.165, 1.54) is 12.1 Å². The fourth-order valence-corrected chi connectivity index (χ4v) is 2.77. The molecule has 0 saturated carbocycles. The van der Waals surface area contributed by atoms with Crippen molar-refractivity contribution in [3.63, 3.8) is 0 Å². The van der Waals surface area contributed by atoms with Crippen LogP contribution in [0.4, 0.5) is 17.6 Å². The fourth-order valence-electron chi connectivity index (χ4n) is 2.27. The molecular weight excluding hydrogens is 390 g/mol. The molecule has 0 fully saturated rings. The highest BCUT2D eigenvalue weighted by Gasteiger charge is 2.30. The lowest BCUT2D eigenvalue weighted by Gasteiger charge is -2.24. The molecule has 2 rings (SSSR count). The zero-order chi connectivity index (χ0) is 20.2. The maximum Gasteiger partial charge on any atom is 0.416 e. The van der Waals surface area contributed by atoms with Crippen molar-refractivity contribution in [1.29, 1.82) is 0 Å². The molecule has 146 valence electrons. The number of carbonyl (C=O) groups excluding carboxylic acids is 1. The van der Waals surface area contributed by atoms with Crippen LogP contribution in [0.25, 0.3) is 0 Å². The maximum absolute atomic E-state index is 14.1. The van der Waals surface area contributed by atoms with Gasteiger partial charge in [0.1, 0.15) is 5.82 Å². The first-order valence-corrected chi connectivity index (χ1v) is 8.52. The average Bonchev–Trinajstić information content (AvgIpc) is 2.61. The van der Waals surface area contributed by atoms with E-state index in [0.717, 1.165) is 41.7 Å². The second-order valence-corrected chi connectivity index (χ2v) is 6.46. The third-order valence-electron chi connectivity index (χ3n) is 3.67. The summed E-state index contributed by atoms with van der Waals surface area (Å²) in [4.78, 5) is 11.4. The number of halogens is 4. The molecule has 1 atom stereocenters. The Balaban J connectivity index is 2.16. The first kappa shape index (κ1) is 21.0. The molecule has 0 spiro atoms. The largest absolute Gasteiger partial charge is 0.760 e. The van der Waals surface area contributed by atoms with Gasteiger partial charge in [-0.1, -0.05) is 18.2 Å². The number of benzene rings is 2. The van der Waals surface area contributed by atoms with Crippen molar-refractivity contribution < 1.29 is 35.9 Å². The number of hydrogen-bond donors (Lipinski definition) is 0. The molecule has 5 nitrogen and oxygen atoms in total. The molecule has 0 aliphatic rings. The number of ether oxygens (including phenoxy) is 1. The van der Waals surface area contributed by atoms with Crippen LogP contribution in [0, 0.1) is 5.82 Å². The Hall–Kier alpha value is -2.30. The van der Waals surface area contributed by atoms with E-state index in [0.29, 0.717) is 5.56 Å². The summed E-state index contributed by atoms with van der Waals surface area (Å²) >= 11 is -2.75. The van der Waals surface area contributed by atoms with E-state index >= 15 is 0 Å². The van der Waals surface area contributed by atoms with E-state index in [1.54, 1.807) is 0 Å². The van der Waals surface area contributed by atoms with Crippen LogP contribution in [0.1, 0.15) is 27.0 Å². The number of esters is 1. The standard InChI is InChI=1S/C17H15F4NO4S/c1-26-16(23)12-4-5-13(15(18)8-12)10-22(27(24)25)9-11-2-6-14(7-3-11)17(19,20)21/h2-8H,9-10H2,1H3,(H,24,25)/p-1. The van der Waals surface area contributed by atoms with E-state index in [2.05, 4.69) is 4.74 Å². The number of methoxy groups -OCH3 is 1. The van der Waals surface area contributed by atoms with E-state index in [-0.39, 0.29) is 24.2 Å². The Bertz CT molecular complexity index is 840. The van der Waals surface area contributed by atoms with Crippen molar-refractivity contribution in [2.75, 3.05) is 7.11 Å². The van der Waals surface area contributed by atoms with Gasteiger partial charge in [-0.05, 0) is 29.8 Å². The summed E-state index contributed by atoms with van der Waals surface area (Å²) in [5, 5.41) is 0. The zero-order valence-corrected chi connectivity index (χ0v) is 14.8. The molecule has 0 N–H and O–H groups in total. The molecule has 0 aliphatic heterocycles. The predicted molar refractivity (Wildman–Crippen MR) is 87.4 cm³/mol. The van der Waals surface area contributed by atoms with Gasteiger partial charge in [0.2, 0.25) is 0 Å². The summed E-state index contributed by atoms with van der Waals surface area (Å²) < 4.78 is 80.0. The molecule has 27 heavy (non-hydrogen) atoms. The van der Waals surface area contributed by atoms with Gasteiger partial charge in [-0.25, -0.2) is 13.5 Å². The third-order valence-corrected chi connectivity index (χ3v) is 4.35. The average molecular weight is 404 g/mol. The van der Waals surface area contributed by atoms with Crippen molar-refractivity contribution in [3.8, 4) is 0 Å². The van der Waals surface area contributed by atoms with Gasteiger partial charge in [0.25, 0.3) is 0 Å². The highest BCUT2D eigenvalue weighted by molar-refractivity contribution is 7.76. The quantitative estimate of drug-likeness (QED) is 0.420. The molecule has 2 aromatic carbocycles. The number of nitrogens with zero attached hydrogens (tertiary/aromatic N) is 1. The zero-order valence-electron chi connectivity index (χ0n) is 14.0. The van der Waals surface area contributed by atoms with Crippen molar-refractivity contribution in [3.05, 3.63) is 70.5 Å². The SMILES string of the molecule is COC(=O)c1ccc(CN(Cc2ccc(C(F)(F)F)cc2)S(=O)[O-])c(F)c1. The van der Waals surface area contributed by atoms with Crippen LogP contribution >= 0.6 is 0 Å². The van der Waals surface area contributed by atoms with Crippen LogP contribution in [0.2, 0.25) is 0 Å². The maximum atomic E-state index is 14.1. The minimum absolute atomic E-state index is 0.00114. The van der Waals surface area contributed by atoms with E-state index in [4.69, 9.17) is 0 Å². The summed E-state index contributed by atoms with van der Waals surface area (Å²) in [5.41, 5.74) is -0.584. The number of rotatable bonds is 6. The minimum atomic E-state index is -4.50. The second kappa shape index (κ2) is 8.59. The Morgan fingerprint density at radius 3 is 2.26 bits per heavy atom. The highest BCUT2D eigenvalue weighted by Crippen LogP contribution is 2.29. The molecule has 10 heteroatoms. The molecule has 0 aromatic heterocycles. The monoisotopic (exact) mass is 404 g/mol. The van der Waals surface area contributed by atoms with E-state index in [9.17, 15) is 31.1 Å². The fraction of sp³-hybridized carbons (Fsp3) is 0.235. The Kier molecular flexibility index (Phi) is 6.68. The first-order valence-electron chi connectivity index (χ1n) is 7.49. The molecule has 0 aliphatic carbocycles. The molecule has 0 bridgehead atoms. The van der Waals surface area contributed by atoms with Crippen LogP contribution in [-0.4, -0.2) is 26.1 Å². The smallest absolute Gasteiger partial charge is 0.416 e. The van der Waals surface area contributed by atoms with Crippen LogP contribution in [0.15, 0.2) is 42.5 Å². The first-order chi connectivity index (χ1) is 12.6. The van der Waals surface area contributed by atoms with Crippen molar-refractivity contribution >= 4 is 17.2 Å². The Morgan fingerprint density at radius 2 is 1.78 bits per heavy atom. The summed E-state index contributed by atoms with van der Waals surface area (Å²) in [6, 6.07) is 7.44. The van der Waals surface area contributed by atoms with Gasteiger partial charge in [-0.15, -0.1) is 0 Å². The van der Waals surface area contributed by atoms with Gasteiger partial charge >= 0.3 is 12.1 Å². The lowest BCUT2D eigenvalue weighted by molar-refractivity contribution is -0.137. The van der Waals surface area contributed by atoms with Crippen molar-refractivity contribution in [2.45, 2.75) is 19.3 Å². The molecule has 0 saturated heterocycles. The minimum Gasteiger partial charge on any atom is -0.760 e. The van der Waals surface area contributed by atoms with Crippen LogP contribution < -0.4 is 0 Å². The Morgan fingerprint density at radius 1 is 1.15 bits per heavy atom. The van der Waals surface area contributed by atoms with Crippen LogP contribution in [0.5, 0.6) is 0 Å². The van der Waals surface area contributed by atoms with Crippen molar-refractivity contribution in [2.24, 2.45) is 0 Å². The van der Waals surface area contributed by atoms with E-state index < -0.39 is 34.8 Å². The van der Waals surface area contributed by atoms with E-state index in [1.807, 2.05) is 0 Å². The van der Waals surface area contributed by atoms with Gasteiger partial charge in [0, 0.05) is 29.9 Å². The molecule has 1 unspecified atom stereocenters. The van der Waals surface area contributed by atoms with Crippen LogP contribution in [-0.2, 0) is 35.3 Å². The van der Waals surface area contributed by atoms with Crippen molar-refractivity contribution in [1.82, 2.24) is 4.31 Å². The third kappa shape index (κ3) is 5.59. The number of alkyl halides is 3. The van der Waals surface area contributed by atoms with Gasteiger partial charge in [-0.3, -0.25) is 4.21 Å². The van der Waals surface area contributed by atoms with Gasteiger partial charge in [0.05, 0.1) is 18.2 Å². The summed E-state index contributed by atoms with van der Waals surface area (Å²) in [6.45, 7) is -0.600. The lowest BCUT2D eigenvalue weighted by atomic mass is 10.1. The number of hydrogen-bond acceptors (Lipinski definition) is 4. The normalized spacial score (nSPS) is 12.9. The lowest BCUT2D eigenvalue weighted by Crippen LogP contribution is -2.25. The van der Waals surface area contributed by atoms with Crippen LogP contribution in [0.3, 0.4) is 0 Å². The Labute approximate surface area is 155 Å². The summed E-state index contributed by atoms with van der Waals surface area (Å²) in [5.74, 6) is -1.55. The topological polar surface area (TPSA) is 69.7 Å². The molecular formula is C17H14F4NO4S-. The van der Waals surface area contributed by atoms with Gasteiger partial charge in [0.15, 0.2) is 0 Å². The van der Waals surface area contributed by atoms with Gasteiger partial charge in [-0.2, -0.15) is 13.2 Å². The number of carbonyl (C=O) groups is 1. The molecule has 2 aromatic rings. The second-order valence-electron chi connectivity index (χ2n) is 5.51. The van der Waals surface area contributed by atoms with Gasteiger partial charge < -0.3 is 9.29 Å². The molecule has 0 radical (unpaired) electrons. The summed E-state index contributed by atoms with van der Waals surface area (Å²) in [6.07, 6.45) is -4.50. The summed E-state index contributed by atoms with van der Waals surface area (Å²) in [7, 11) is 1.14. The molecule has 0 amide bonds. The highest BCUT2D eigenvalue weighted by atomic mass is 32.2.